The Kier molecular flexibility index (Phi) is 53.0. The van der Waals surface area contributed by atoms with E-state index >= 15 is 0 Å². The summed E-state index contributed by atoms with van der Waals surface area (Å²) in [7, 11) is 0. The quantitative estimate of drug-likeness (QED) is 0.481. The van der Waals surface area contributed by atoms with Crippen LogP contribution in [0.3, 0.4) is 0 Å². The van der Waals surface area contributed by atoms with Gasteiger partial charge in [0.25, 0.3) is 0 Å². The van der Waals surface area contributed by atoms with Gasteiger partial charge in [0.1, 0.15) is 0 Å². The van der Waals surface area contributed by atoms with Gasteiger partial charge in [-0.1, -0.05) is 13.8 Å². The molecule has 0 heterocycles. The smallest absolute Gasteiger partial charge is 0 e. The van der Waals surface area contributed by atoms with Crippen molar-refractivity contribution in [1.82, 2.24) is 5.32 Å². The molecule has 0 amide bonds. The second kappa shape index (κ2) is 26.9. The molecule has 0 aromatic carbocycles. The van der Waals surface area contributed by atoms with Gasteiger partial charge < -0.3 is 5.32 Å². The molecule has 0 aliphatic carbocycles. The number of rotatable bonds is 2. The van der Waals surface area contributed by atoms with Crippen LogP contribution >= 0.6 is 0 Å². The van der Waals surface area contributed by atoms with Crippen LogP contribution in [0.25, 0.3) is 0 Å². The molecular formula is C6H15CuN. The molecule has 2 heteroatoms. The van der Waals surface area contributed by atoms with Gasteiger partial charge in [0.15, 0.2) is 0 Å². The summed E-state index contributed by atoms with van der Waals surface area (Å²) in [6.07, 6.45) is 0. The van der Waals surface area contributed by atoms with E-state index in [1.165, 1.54) is 0 Å². The topological polar surface area (TPSA) is 12.0 Å². The van der Waals surface area contributed by atoms with Gasteiger partial charge in [0, 0.05) is 17.1 Å². The van der Waals surface area contributed by atoms with Crippen molar-refractivity contribution in [3.05, 3.63) is 13.2 Å². The molecule has 0 aromatic heterocycles. The molecular weight excluding hydrogens is 150 g/mol. The largest absolute Gasteiger partial charge is 0.317 e. The minimum absolute atomic E-state index is 0. The zero-order valence-corrected chi connectivity index (χ0v) is 6.57. The van der Waals surface area contributed by atoms with Gasteiger partial charge in [-0.15, -0.1) is 13.2 Å². The van der Waals surface area contributed by atoms with E-state index in [9.17, 15) is 0 Å². The second-order valence-electron chi connectivity index (χ2n) is 0.957. The Morgan fingerprint density at radius 3 is 1.38 bits per heavy atom. The van der Waals surface area contributed by atoms with E-state index < -0.39 is 0 Å². The Morgan fingerprint density at radius 2 is 1.38 bits per heavy atom. The fourth-order valence-corrected chi connectivity index (χ4v) is 0.250. The molecule has 1 N–H and O–H groups in total. The first kappa shape index (κ1) is 15.7. The number of hydrogen-bond acceptors (Lipinski definition) is 1. The van der Waals surface area contributed by atoms with Gasteiger partial charge in [-0.25, -0.2) is 0 Å². The molecule has 0 aliphatic rings. The molecule has 0 fully saturated rings. The monoisotopic (exact) mass is 164 g/mol. The summed E-state index contributed by atoms with van der Waals surface area (Å²) in [4.78, 5) is 0. The summed E-state index contributed by atoms with van der Waals surface area (Å²) < 4.78 is 0. The predicted molar refractivity (Wildman–Crippen MR) is 35.5 cm³/mol. The Labute approximate surface area is 63.0 Å². The van der Waals surface area contributed by atoms with E-state index in [1.54, 1.807) is 0 Å². The number of nitrogens with one attached hydrogen (secondary N) is 1. The van der Waals surface area contributed by atoms with Gasteiger partial charge in [-0.05, 0) is 13.1 Å². The van der Waals surface area contributed by atoms with Crippen molar-refractivity contribution >= 4 is 0 Å². The normalized spacial score (nSPS) is 5.75. The van der Waals surface area contributed by atoms with E-state index in [1.807, 2.05) is 0 Å². The van der Waals surface area contributed by atoms with E-state index in [2.05, 4.69) is 32.3 Å². The Hall–Kier alpha value is 0.219. The fraction of sp³-hybridized carbons (Fsp3) is 0.667. The summed E-state index contributed by atoms with van der Waals surface area (Å²) in [6, 6.07) is 0. The zero-order valence-electron chi connectivity index (χ0n) is 5.63. The van der Waals surface area contributed by atoms with E-state index in [-0.39, 0.29) is 17.1 Å². The molecule has 8 heavy (non-hydrogen) atoms. The van der Waals surface area contributed by atoms with Crippen LogP contribution in [0.1, 0.15) is 13.8 Å². The number of hydrogen-bond donors (Lipinski definition) is 1. The first-order valence-corrected chi connectivity index (χ1v) is 2.62. The average molecular weight is 165 g/mol. The van der Waals surface area contributed by atoms with Crippen LogP contribution in [-0.4, -0.2) is 13.1 Å². The molecule has 1 nitrogen and oxygen atoms in total. The van der Waals surface area contributed by atoms with Crippen molar-refractivity contribution in [3.8, 4) is 0 Å². The molecule has 0 rings (SSSR count). The van der Waals surface area contributed by atoms with Crippen LogP contribution in [0, 0.1) is 0 Å². The summed E-state index contributed by atoms with van der Waals surface area (Å²) in [6.45, 7) is 12.4. The molecule has 55 valence electrons. The molecule has 0 aromatic rings. The molecule has 0 saturated heterocycles. The van der Waals surface area contributed by atoms with Crippen LogP contribution < -0.4 is 5.32 Å². The SMILES string of the molecule is C=C.CCNCC.[Cu]. The minimum Gasteiger partial charge on any atom is -0.317 e. The Morgan fingerprint density at radius 1 is 1.12 bits per heavy atom. The molecule has 1 radical (unpaired) electrons. The van der Waals surface area contributed by atoms with Crippen LogP contribution in [0.2, 0.25) is 0 Å². The van der Waals surface area contributed by atoms with E-state index in [4.69, 9.17) is 0 Å². The van der Waals surface area contributed by atoms with Crippen molar-refractivity contribution < 1.29 is 17.1 Å². The first-order valence-electron chi connectivity index (χ1n) is 2.62. The summed E-state index contributed by atoms with van der Waals surface area (Å²) in [5.74, 6) is 0. The third kappa shape index (κ3) is 34.4. The predicted octanol–water partition coefficient (Wildman–Crippen LogP) is 1.42. The van der Waals surface area contributed by atoms with Gasteiger partial charge in [0.05, 0.1) is 0 Å². The Balaban J connectivity index is -0.0000000750. The second-order valence-corrected chi connectivity index (χ2v) is 0.957. The maximum Gasteiger partial charge on any atom is 0 e. The Bertz CT molecular complexity index is 22.5. The maximum atomic E-state index is 3.11. The van der Waals surface area contributed by atoms with Gasteiger partial charge in [0.2, 0.25) is 0 Å². The molecule has 0 saturated carbocycles. The van der Waals surface area contributed by atoms with Crippen LogP contribution in [0.5, 0.6) is 0 Å². The van der Waals surface area contributed by atoms with Crippen LogP contribution in [-0.2, 0) is 17.1 Å². The van der Waals surface area contributed by atoms with Crippen molar-refractivity contribution in [3.63, 3.8) is 0 Å². The third-order valence-electron chi connectivity index (χ3n) is 0.500. The van der Waals surface area contributed by atoms with Crippen LogP contribution in [0.15, 0.2) is 13.2 Å². The minimum atomic E-state index is 0. The van der Waals surface area contributed by atoms with Crippen molar-refractivity contribution in [2.45, 2.75) is 13.8 Å². The fourth-order valence-electron chi connectivity index (χ4n) is 0.250. The molecule has 0 spiro atoms. The summed E-state index contributed by atoms with van der Waals surface area (Å²) in [5.41, 5.74) is 0. The zero-order chi connectivity index (χ0) is 6.12. The first-order chi connectivity index (χ1) is 3.41. The summed E-state index contributed by atoms with van der Waals surface area (Å²) in [5, 5.41) is 3.11. The molecule has 0 bridgehead atoms. The van der Waals surface area contributed by atoms with Gasteiger partial charge in [-0.2, -0.15) is 0 Å². The molecule has 0 unspecified atom stereocenters. The van der Waals surface area contributed by atoms with Crippen molar-refractivity contribution in [1.29, 1.82) is 0 Å². The molecule has 0 atom stereocenters. The van der Waals surface area contributed by atoms with Crippen LogP contribution in [0.4, 0.5) is 0 Å². The van der Waals surface area contributed by atoms with Gasteiger partial charge >= 0.3 is 0 Å². The molecule has 0 aliphatic heterocycles. The average Bonchev–Trinajstić information content (AvgIpc) is 1.75. The van der Waals surface area contributed by atoms with Crippen molar-refractivity contribution in [2.24, 2.45) is 0 Å². The third-order valence-corrected chi connectivity index (χ3v) is 0.500. The summed E-state index contributed by atoms with van der Waals surface area (Å²) >= 11 is 0. The van der Waals surface area contributed by atoms with E-state index in [0.29, 0.717) is 0 Å². The maximum absolute atomic E-state index is 3.11. The standard InChI is InChI=1S/C4H11N.C2H4.Cu/c1-3-5-4-2;1-2;/h5H,3-4H2,1-2H3;1-2H2;. The van der Waals surface area contributed by atoms with Crippen molar-refractivity contribution in [2.75, 3.05) is 13.1 Å². The van der Waals surface area contributed by atoms with E-state index in [0.717, 1.165) is 13.1 Å². The van der Waals surface area contributed by atoms with Gasteiger partial charge in [-0.3, -0.25) is 0 Å².